The van der Waals surface area contributed by atoms with Crippen LogP contribution in [0.4, 0.5) is 0 Å². The van der Waals surface area contributed by atoms with Crippen LogP contribution in [0.2, 0.25) is 0 Å². The Balaban J connectivity index is 3.77. The summed E-state index contributed by atoms with van der Waals surface area (Å²) in [6, 6.07) is 0. The first-order chi connectivity index (χ1) is 5.11. The molecule has 0 aliphatic heterocycles. The van der Waals surface area contributed by atoms with Gasteiger partial charge in [0.2, 0.25) is 0 Å². The molecule has 0 aromatic heterocycles. The lowest BCUT2D eigenvalue weighted by atomic mass is 10.5. The molecule has 0 amide bonds. The van der Waals surface area contributed by atoms with Crippen LogP contribution < -0.4 is 0 Å². The van der Waals surface area contributed by atoms with Gasteiger partial charge in [0.15, 0.2) is 0 Å². The zero-order chi connectivity index (χ0) is 8.85. The number of rotatable bonds is 3. The van der Waals surface area contributed by atoms with Crippen molar-refractivity contribution in [3.63, 3.8) is 0 Å². The lowest BCUT2D eigenvalue weighted by Crippen LogP contribution is -2.21. The quantitative estimate of drug-likeness (QED) is 0.450. The van der Waals surface area contributed by atoms with E-state index >= 15 is 0 Å². The Labute approximate surface area is 81.7 Å². The molecule has 0 saturated carbocycles. The summed E-state index contributed by atoms with van der Waals surface area (Å²) in [4.78, 5) is 20.9. The SMILES string of the molecule is CCC(=O)OC(=O)C(Br)CBr. The van der Waals surface area contributed by atoms with E-state index in [-0.39, 0.29) is 6.42 Å². The average Bonchev–Trinajstić information content (AvgIpc) is 2.02. The summed E-state index contributed by atoms with van der Waals surface area (Å²) in [5.41, 5.74) is 0. The van der Waals surface area contributed by atoms with E-state index < -0.39 is 16.8 Å². The average molecular weight is 288 g/mol. The fourth-order valence-electron chi connectivity index (χ4n) is 0.311. The van der Waals surface area contributed by atoms with Crippen LogP contribution in [-0.4, -0.2) is 22.1 Å². The molecule has 0 spiro atoms. The summed E-state index contributed by atoms with van der Waals surface area (Å²) in [7, 11) is 0. The van der Waals surface area contributed by atoms with Crippen LogP contribution in [0, 0.1) is 0 Å². The third-order valence-corrected chi connectivity index (χ3v) is 3.11. The topological polar surface area (TPSA) is 43.4 Å². The van der Waals surface area contributed by atoms with E-state index in [1.807, 2.05) is 0 Å². The molecule has 0 aromatic carbocycles. The number of hydrogen-bond donors (Lipinski definition) is 0. The first kappa shape index (κ1) is 11.1. The van der Waals surface area contributed by atoms with Crippen molar-refractivity contribution in [2.75, 3.05) is 5.33 Å². The van der Waals surface area contributed by atoms with Crippen LogP contribution in [-0.2, 0) is 14.3 Å². The van der Waals surface area contributed by atoms with Gasteiger partial charge in [-0.05, 0) is 0 Å². The molecule has 5 heteroatoms. The molecule has 3 nitrogen and oxygen atoms in total. The zero-order valence-corrected chi connectivity index (χ0v) is 9.14. The first-order valence-electron chi connectivity index (χ1n) is 3.06. The smallest absolute Gasteiger partial charge is 0.328 e. The summed E-state index contributed by atoms with van der Waals surface area (Å²) >= 11 is 6.09. The van der Waals surface area contributed by atoms with Crippen molar-refractivity contribution >= 4 is 43.8 Å². The van der Waals surface area contributed by atoms with Gasteiger partial charge < -0.3 is 4.74 Å². The molecule has 0 N–H and O–H groups in total. The van der Waals surface area contributed by atoms with Crippen molar-refractivity contribution in [2.45, 2.75) is 18.2 Å². The van der Waals surface area contributed by atoms with Gasteiger partial charge in [-0.2, -0.15) is 0 Å². The standard InChI is InChI=1S/C6H8Br2O3/c1-2-5(9)11-6(10)4(8)3-7/h4H,2-3H2,1H3. The van der Waals surface area contributed by atoms with Crippen molar-refractivity contribution in [3.8, 4) is 0 Å². The van der Waals surface area contributed by atoms with E-state index in [9.17, 15) is 9.59 Å². The van der Waals surface area contributed by atoms with E-state index in [1.54, 1.807) is 6.92 Å². The van der Waals surface area contributed by atoms with Crippen molar-refractivity contribution in [1.82, 2.24) is 0 Å². The Hall–Kier alpha value is 0.1000. The summed E-state index contributed by atoms with van der Waals surface area (Å²) in [6.45, 7) is 1.63. The van der Waals surface area contributed by atoms with Gasteiger partial charge in [-0.3, -0.25) is 9.59 Å². The maximum atomic E-state index is 10.8. The Bertz CT molecular complexity index is 158. The third-order valence-electron chi connectivity index (χ3n) is 0.894. The maximum absolute atomic E-state index is 10.8. The molecule has 0 fully saturated rings. The van der Waals surface area contributed by atoms with Crippen molar-refractivity contribution < 1.29 is 14.3 Å². The largest absolute Gasteiger partial charge is 0.392 e. The van der Waals surface area contributed by atoms with E-state index in [1.165, 1.54) is 0 Å². The van der Waals surface area contributed by atoms with Gasteiger partial charge in [0.1, 0.15) is 4.83 Å². The molecule has 11 heavy (non-hydrogen) atoms. The fourth-order valence-corrected chi connectivity index (χ4v) is 0.669. The molecule has 0 saturated heterocycles. The van der Waals surface area contributed by atoms with E-state index in [0.717, 1.165) is 0 Å². The van der Waals surface area contributed by atoms with Gasteiger partial charge in [-0.15, -0.1) is 0 Å². The van der Waals surface area contributed by atoms with Crippen LogP contribution >= 0.6 is 31.9 Å². The lowest BCUT2D eigenvalue weighted by molar-refractivity contribution is -0.158. The normalized spacial score (nSPS) is 12.3. The summed E-state index contributed by atoms with van der Waals surface area (Å²) in [5.74, 6) is -1.05. The van der Waals surface area contributed by atoms with Gasteiger partial charge in [-0.25, -0.2) is 0 Å². The second-order valence-electron chi connectivity index (χ2n) is 1.77. The molecule has 0 heterocycles. The molecule has 1 unspecified atom stereocenters. The summed E-state index contributed by atoms with van der Waals surface area (Å²) in [6.07, 6.45) is 0.216. The molecule has 0 aliphatic rings. The Morgan fingerprint density at radius 1 is 1.55 bits per heavy atom. The fraction of sp³-hybridized carbons (Fsp3) is 0.667. The number of ether oxygens (including phenoxy) is 1. The van der Waals surface area contributed by atoms with E-state index in [0.29, 0.717) is 5.33 Å². The highest BCUT2D eigenvalue weighted by atomic mass is 79.9. The van der Waals surface area contributed by atoms with E-state index in [2.05, 4.69) is 36.6 Å². The first-order valence-corrected chi connectivity index (χ1v) is 5.10. The Morgan fingerprint density at radius 3 is 2.45 bits per heavy atom. The zero-order valence-electron chi connectivity index (χ0n) is 5.97. The molecular weight excluding hydrogens is 280 g/mol. The minimum atomic E-state index is -0.547. The third kappa shape index (κ3) is 4.53. The van der Waals surface area contributed by atoms with Crippen LogP contribution in [0.1, 0.15) is 13.3 Å². The van der Waals surface area contributed by atoms with Gasteiger partial charge in [0.05, 0.1) is 0 Å². The maximum Gasteiger partial charge on any atom is 0.328 e. The number of alkyl halides is 2. The van der Waals surface area contributed by atoms with Crippen LogP contribution in [0.15, 0.2) is 0 Å². The van der Waals surface area contributed by atoms with Crippen LogP contribution in [0.5, 0.6) is 0 Å². The van der Waals surface area contributed by atoms with Gasteiger partial charge >= 0.3 is 11.9 Å². The minimum Gasteiger partial charge on any atom is -0.392 e. The molecule has 64 valence electrons. The van der Waals surface area contributed by atoms with Gasteiger partial charge in [-0.1, -0.05) is 38.8 Å². The molecule has 0 aromatic rings. The second kappa shape index (κ2) is 5.71. The molecule has 1 atom stereocenters. The number of carbonyl (C=O) groups excluding carboxylic acids is 2. The van der Waals surface area contributed by atoms with Crippen LogP contribution in [0.3, 0.4) is 0 Å². The molecule has 0 aliphatic carbocycles. The molecule has 0 bridgehead atoms. The molecule has 0 radical (unpaired) electrons. The summed E-state index contributed by atoms with van der Waals surface area (Å²) in [5, 5.41) is 0.433. The number of esters is 2. The van der Waals surface area contributed by atoms with Crippen LogP contribution in [0.25, 0.3) is 0 Å². The lowest BCUT2D eigenvalue weighted by Gasteiger charge is -2.03. The molecule has 0 rings (SSSR count). The Morgan fingerprint density at radius 2 is 2.09 bits per heavy atom. The van der Waals surface area contributed by atoms with E-state index in [4.69, 9.17) is 0 Å². The van der Waals surface area contributed by atoms with Gasteiger partial charge in [0.25, 0.3) is 0 Å². The number of halogens is 2. The highest BCUT2D eigenvalue weighted by Crippen LogP contribution is 2.06. The van der Waals surface area contributed by atoms with Gasteiger partial charge in [0, 0.05) is 11.8 Å². The number of hydrogen-bond acceptors (Lipinski definition) is 3. The predicted octanol–water partition coefficient (Wildman–Crippen LogP) is 1.62. The highest BCUT2D eigenvalue weighted by Gasteiger charge is 2.17. The highest BCUT2D eigenvalue weighted by molar-refractivity contribution is 9.12. The summed E-state index contributed by atoms with van der Waals surface area (Å²) < 4.78 is 4.40. The predicted molar refractivity (Wildman–Crippen MR) is 47.9 cm³/mol. The van der Waals surface area contributed by atoms with Crippen molar-refractivity contribution in [1.29, 1.82) is 0 Å². The second-order valence-corrected chi connectivity index (χ2v) is 3.52. The minimum absolute atomic E-state index is 0.216. The number of carbonyl (C=O) groups is 2. The molecular formula is C6H8Br2O3. The Kier molecular flexibility index (Phi) is 5.76. The monoisotopic (exact) mass is 286 g/mol. The van der Waals surface area contributed by atoms with Crippen molar-refractivity contribution in [3.05, 3.63) is 0 Å². The van der Waals surface area contributed by atoms with Crippen molar-refractivity contribution in [2.24, 2.45) is 0 Å².